The fourth-order valence-electron chi connectivity index (χ4n) is 6.77. The van der Waals surface area contributed by atoms with Gasteiger partial charge in [0.25, 0.3) is 0 Å². The molecule has 0 aliphatic carbocycles. The Morgan fingerprint density at radius 3 is 1.42 bits per heavy atom. The number of aliphatic carboxylic acids is 3. The molecule has 0 heterocycles. The summed E-state index contributed by atoms with van der Waals surface area (Å²) < 4.78 is 11.2. The van der Waals surface area contributed by atoms with E-state index in [0.717, 1.165) is 38.5 Å². The van der Waals surface area contributed by atoms with E-state index in [9.17, 15) is 43.5 Å². The quantitative estimate of drug-likeness (QED) is 0.0244. The van der Waals surface area contributed by atoms with Crippen molar-refractivity contribution < 1.29 is 63.1 Å². The third-order valence-electron chi connectivity index (χ3n) is 10.6. The van der Waals surface area contributed by atoms with Gasteiger partial charge in [0.15, 0.2) is 0 Å². The highest BCUT2D eigenvalue weighted by atomic mass is 32.2. The molecule has 0 aromatic rings. The van der Waals surface area contributed by atoms with Crippen LogP contribution in [0.3, 0.4) is 0 Å². The second-order valence-corrected chi connectivity index (χ2v) is 17.7. The Balaban J connectivity index is 5.04. The zero-order valence-electron chi connectivity index (χ0n) is 38.8. The summed E-state index contributed by atoms with van der Waals surface area (Å²) in [6.45, 7) is 3.63. The summed E-state index contributed by atoms with van der Waals surface area (Å²) in [5.41, 5.74) is 6.07. The Bertz CT molecular complexity index is 1340. The number of esters is 2. The number of carboxylic acids is 3. The summed E-state index contributed by atoms with van der Waals surface area (Å²) in [4.78, 5) is 97.3. The maximum atomic E-state index is 12.8. The van der Waals surface area contributed by atoms with Crippen LogP contribution in [-0.2, 0) is 47.8 Å². The maximum Gasteiger partial charge on any atom is 0.326 e. The lowest BCUT2D eigenvalue weighted by Gasteiger charge is -2.21. The lowest BCUT2D eigenvalue weighted by molar-refractivity contribution is -0.157. The maximum absolute atomic E-state index is 12.8. The van der Waals surface area contributed by atoms with Gasteiger partial charge >= 0.3 is 29.8 Å². The minimum absolute atomic E-state index is 0.0450. The first-order valence-electron chi connectivity index (χ1n) is 23.9. The largest absolute Gasteiger partial charge is 0.481 e. The Morgan fingerprint density at radius 2 is 0.969 bits per heavy atom. The molecule has 8 N–H and O–H groups in total. The van der Waals surface area contributed by atoms with Crippen LogP contribution in [0.1, 0.15) is 194 Å². The summed E-state index contributed by atoms with van der Waals surface area (Å²) in [5.74, 6) is -7.30. The molecule has 18 heteroatoms. The highest BCUT2D eigenvalue weighted by Crippen LogP contribution is 2.16. The van der Waals surface area contributed by atoms with Gasteiger partial charge in [0.2, 0.25) is 17.7 Å². The number of thioether (sulfide) groups is 1. The van der Waals surface area contributed by atoms with Gasteiger partial charge in [0.1, 0.15) is 24.8 Å². The van der Waals surface area contributed by atoms with E-state index in [1.54, 1.807) is 0 Å². The zero-order valence-corrected chi connectivity index (χ0v) is 39.7. The van der Waals surface area contributed by atoms with Crippen LogP contribution in [0.2, 0.25) is 0 Å². The molecular weight excluding hydrogens is 849 g/mol. The lowest BCUT2D eigenvalue weighted by Crippen LogP contribution is -2.54. The highest BCUT2D eigenvalue weighted by molar-refractivity contribution is 7.99. The molecule has 370 valence electrons. The van der Waals surface area contributed by atoms with E-state index in [1.807, 2.05) is 0 Å². The van der Waals surface area contributed by atoms with E-state index in [4.69, 9.17) is 25.4 Å². The molecule has 0 aliphatic rings. The van der Waals surface area contributed by atoms with Crippen molar-refractivity contribution >= 4 is 59.3 Å². The summed E-state index contributed by atoms with van der Waals surface area (Å²) in [5, 5.41) is 34.1. The standard InChI is InChI=1S/C46H82N4O13S/c1-3-5-7-9-11-13-15-17-19-21-23-25-42(56)62-32-35(63-43(57)26-24-22-20-18-16-14-12-10-8-6-4-2)33-64-34-36(47)44(58)48-31-39(51)49-37(27-29-40(52)53)45(59)50-38(46(60)61)28-30-41(54)55/h35-38H,3-34,47H2,1-2H3,(H,48,58)(H,49,51)(H,50,59)(H,52,53)(H,54,55)(H,60,61)/t35-,36+,37+,38+/m1/s1. The molecule has 0 saturated carbocycles. The summed E-state index contributed by atoms with van der Waals surface area (Å²) in [6.07, 6.45) is 23.0. The van der Waals surface area contributed by atoms with Crippen LogP contribution >= 0.6 is 11.8 Å². The molecule has 0 radical (unpaired) electrons. The topological polar surface area (TPSA) is 278 Å². The predicted molar refractivity (Wildman–Crippen MR) is 247 cm³/mol. The zero-order chi connectivity index (χ0) is 47.8. The van der Waals surface area contributed by atoms with Gasteiger partial charge in [-0.25, -0.2) is 4.79 Å². The van der Waals surface area contributed by atoms with Gasteiger partial charge in [-0.3, -0.25) is 33.6 Å². The van der Waals surface area contributed by atoms with E-state index in [2.05, 4.69) is 29.8 Å². The molecule has 0 unspecified atom stereocenters. The number of carboxylic acid groups (broad SMARTS) is 3. The Morgan fingerprint density at radius 1 is 0.531 bits per heavy atom. The van der Waals surface area contributed by atoms with E-state index in [1.165, 1.54) is 102 Å². The molecule has 0 aromatic heterocycles. The molecule has 0 rings (SSSR count). The second-order valence-electron chi connectivity index (χ2n) is 16.6. The Hall–Kier alpha value is -3.93. The molecule has 0 bridgehead atoms. The molecule has 64 heavy (non-hydrogen) atoms. The monoisotopic (exact) mass is 931 g/mol. The van der Waals surface area contributed by atoms with Gasteiger partial charge in [-0.2, -0.15) is 11.8 Å². The average molecular weight is 931 g/mol. The minimum atomic E-state index is -1.60. The fourth-order valence-corrected chi connectivity index (χ4v) is 7.73. The number of ether oxygens (including phenoxy) is 2. The van der Waals surface area contributed by atoms with Crippen molar-refractivity contribution in [1.82, 2.24) is 16.0 Å². The number of carbonyl (C=O) groups is 8. The van der Waals surface area contributed by atoms with Crippen LogP contribution in [0.15, 0.2) is 0 Å². The van der Waals surface area contributed by atoms with Crippen molar-refractivity contribution in [3.8, 4) is 0 Å². The van der Waals surface area contributed by atoms with E-state index < -0.39 is 98.1 Å². The van der Waals surface area contributed by atoms with Crippen LogP contribution in [0, 0.1) is 0 Å². The van der Waals surface area contributed by atoms with Crippen molar-refractivity contribution in [2.24, 2.45) is 5.73 Å². The Labute approximate surface area is 385 Å². The number of nitrogens with one attached hydrogen (secondary N) is 3. The van der Waals surface area contributed by atoms with Gasteiger partial charge in [-0.1, -0.05) is 142 Å². The van der Waals surface area contributed by atoms with Crippen molar-refractivity contribution in [3.05, 3.63) is 0 Å². The second kappa shape index (κ2) is 40.6. The number of amides is 3. The van der Waals surface area contributed by atoms with Gasteiger partial charge in [-0.05, 0) is 25.7 Å². The first kappa shape index (κ1) is 60.1. The highest BCUT2D eigenvalue weighted by Gasteiger charge is 2.28. The number of unbranched alkanes of at least 4 members (excludes halogenated alkanes) is 20. The smallest absolute Gasteiger partial charge is 0.326 e. The van der Waals surface area contributed by atoms with Crippen LogP contribution < -0.4 is 21.7 Å². The first-order chi connectivity index (χ1) is 30.7. The van der Waals surface area contributed by atoms with Gasteiger partial charge in [-0.15, -0.1) is 0 Å². The van der Waals surface area contributed by atoms with Crippen molar-refractivity contribution in [3.63, 3.8) is 0 Å². The number of rotatable bonds is 44. The fraction of sp³-hybridized carbons (Fsp3) is 0.826. The third-order valence-corrected chi connectivity index (χ3v) is 11.8. The van der Waals surface area contributed by atoms with E-state index >= 15 is 0 Å². The molecule has 0 spiro atoms. The van der Waals surface area contributed by atoms with E-state index in [0.29, 0.717) is 12.8 Å². The number of carbonyl (C=O) groups excluding carboxylic acids is 5. The minimum Gasteiger partial charge on any atom is -0.481 e. The number of hydrogen-bond donors (Lipinski definition) is 7. The predicted octanol–water partition coefficient (Wildman–Crippen LogP) is 6.80. The van der Waals surface area contributed by atoms with Gasteiger partial charge in [0.05, 0.1) is 12.6 Å². The summed E-state index contributed by atoms with van der Waals surface area (Å²) in [7, 11) is 0. The number of nitrogens with two attached hydrogens (primary N) is 1. The molecule has 0 fully saturated rings. The SMILES string of the molecule is CCCCCCCCCCCCCC(=O)OC[C@H](CSC[C@H](N)C(=O)NCC(=O)N[C@@H](CCC(=O)O)C(=O)N[C@@H](CCC(=O)O)C(=O)O)OC(=O)CCCCCCCCCCCCC. The first-order valence-corrected chi connectivity index (χ1v) is 25.1. The van der Waals surface area contributed by atoms with Gasteiger partial charge in [0, 0.05) is 37.2 Å². The van der Waals surface area contributed by atoms with Crippen LogP contribution in [-0.4, -0.2) is 112 Å². The molecule has 0 aliphatic heterocycles. The normalized spacial score (nSPS) is 12.9. The average Bonchev–Trinajstić information content (AvgIpc) is 3.25. The molecular formula is C46H82N4O13S. The molecule has 4 atom stereocenters. The summed E-state index contributed by atoms with van der Waals surface area (Å²) in [6, 6.07) is -4.22. The third kappa shape index (κ3) is 36.4. The molecule has 0 aromatic carbocycles. The Kier molecular flexibility index (Phi) is 38.1. The lowest BCUT2D eigenvalue weighted by atomic mass is 10.1. The van der Waals surface area contributed by atoms with Crippen molar-refractivity contribution in [1.29, 1.82) is 0 Å². The molecule has 3 amide bonds. The number of hydrogen-bond acceptors (Lipinski definition) is 12. The van der Waals surface area contributed by atoms with Crippen LogP contribution in [0.5, 0.6) is 0 Å². The van der Waals surface area contributed by atoms with Gasteiger partial charge < -0.3 is 46.5 Å². The van der Waals surface area contributed by atoms with Crippen molar-refractivity contribution in [2.45, 2.75) is 218 Å². The summed E-state index contributed by atoms with van der Waals surface area (Å²) >= 11 is 1.20. The van der Waals surface area contributed by atoms with Crippen LogP contribution in [0.4, 0.5) is 0 Å². The molecule has 0 saturated heterocycles. The van der Waals surface area contributed by atoms with E-state index in [-0.39, 0.29) is 36.9 Å². The van der Waals surface area contributed by atoms with Crippen molar-refractivity contribution in [2.75, 3.05) is 24.7 Å². The molecule has 17 nitrogen and oxygen atoms in total. The van der Waals surface area contributed by atoms with Crippen LogP contribution in [0.25, 0.3) is 0 Å².